The summed E-state index contributed by atoms with van der Waals surface area (Å²) in [4.78, 5) is 29.1. The van der Waals surface area contributed by atoms with Gasteiger partial charge in [0.1, 0.15) is 5.01 Å². The lowest BCUT2D eigenvalue weighted by Gasteiger charge is -2.10. The molecule has 1 amide bonds. The minimum atomic E-state index is -1.15. The number of carbonyl (C=O) groups excluding carboxylic acids is 2. The number of hydrogen-bond acceptors (Lipinski definition) is 4. The zero-order chi connectivity index (χ0) is 17.1. The maximum Gasteiger partial charge on any atom is 0.235 e. The van der Waals surface area contributed by atoms with E-state index in [0.29, 0.717) is 10.7 Å². The lowest BCUT2D eigenvalue weighted by atomic mass is 9.97. The summed E-state index contributed by atoms with van der Waals surface area (Å²) in [5.41, 5.74) is 7.35. The normalized spacial score (nSPS) is 11.9. The number of benzene rings is 2. The fraction of sp³-hybridized carbons (Fsp3) is 0.0556. The number of nitrogens with two attached hydrogens (primary N) is 1. The fourth-order valence-corrected chi connectivity index (χ4v) is 3.50. The van der Waals surface area contributed by atoms with Crippen LogP contribution in [-0.4, -0.2) is 16.7 Å². The van der Waals surface area contributed by atoms with Crippen LogP contribution in [0.4, 0.5) is 0 Å². The maximum atomic E-state index is 12.7. The van der Waals surface area contributed by atoms with E-state index in [9.17, 15) is 9.59 Å². The Morgan fingerprint density at radius 3 is 2.38 bits per heavy atom. The molecule has 0 saturated carbocycles. The van der Waals surface area contributed by atoms with Crippen LogP contribution in [0.2, 0.25) is 5.02 Å². The van der Waals surface area contributed by atoms with Crippen molar-refractivity contribution in [1.29, 1.82) is 0 Å². The van der Waals surface area contributed by atoms with E-state index in [1.807, 2.05) is 30.3 Å². The molecule has 3 rings (SSSR count). The summed E-state index contributed by atoms with van der Waals surface area (Å²) in [5.74, 6) is -2.33. The molecule has 1 atom stereocenters. The Morgan fingerprint density at radius 2 is 1.71 bits per heavy atom. The van der Waals surface area contributed by atoms with Crippen LogP contribution in [0.3, 0.4) is 0 Å². The Balaban J connectivity index is 1.98. The van der Waals surface area contributed by atoms with Crippen LogP contribution in [0.1, 0.15) is 21.3 Å². The molecule has 0 aliphatic carbocycles. The van der Waals surface area contributed by atoms with E-state index < -0.39 is 17.6 Å². The molecule has 2 N–H and O–H groups in total. The van der Waals surface area contributed by atoms with Gasteiger partial charge in [0.2, 0.25) is 5.91 Å². The van der Waals surface area contributed by atoms with Gasteiger partial charge in [0.15, 0.2) is 11.7 Å². The highest BCUT2D eigenvalue weighted by Crippen LogP contribution is 2.30. The highest BCUT2D eigenvalue weighted by atomic mass is 35.5. The second kappa shape index (κ2) is 6.95. The predicted molar refractivity (Wildman–Crippen MR) is 95.3 cm³/mol. The number of ketones is 1. The molecule has 120 valence electrons. The summed E-state index contributed by atoms with van der Waals surface area (Å²) in [6, 6.07) is 16.1. The molecule has 0 spiro atoms. The van der Waals surface area contributed by atoms with Gasteiger partial charge in [-0.15, -0.1) is 11.3 Å². The Morgan fingerprint density at radius 1 is 1.04 bits per heavy atom. The molecule has 1 aromatic heterocycles. The standard InChI is InChI=1S/C18H13ClN2O2S/c19-13-9-5-4-8-12(13)16(22)15(17(20)23)18-21-14(10-24-18)11-6-2-1-3-7-11/h1-10,15H,(H2,20,23). The summed E-state index contributed by atoms with van der Waals surface area (Å²) in [6.07, 6.45) is 0. The zero-order valence-corrected chi connectivity index (χ0v) is 14.1. The quantitative estimate of drug-likeness (QED) is 0.556. The highest BCUT2D eigenvalue weighted by Gasteiger charge is 2.31. The Kier molecular flexibility index (Phi) is 4.74. The summed E-state index contributed by atoms with van der Waals surface area (Å²) in [7, 11) is 0. The number of nitrogens with zero attached hydrogens (tertiary/aromatic N) is 1. The van der Waals surface area contributed by atoms with Gasteiger partial charge in [-0.3, -0.25) is 9.59 Å². The minimum absolute atomic E-state index is 0.263. The molecule has 6 heteroatoms. The van der Waals surface area contributed by atoms with Gasteiger partial charge >= 0.3 is 0 Å². The molecule has 0 radical (unpaired) electrons. The van der Waals surface area contributed by atoms with E-state index in [1.54, 1.807) is 29.6 Å². The monoisotopic (exact) mass is 356 g/mol. The SMILES string of the molecule is NC(=O)C(C(=O)c1ccccc1Cl)c1nc(-c2ccccc2)cs1. The zero-order valence-electron chi connectivity index (χ0n) is 12.5. The highest BCUT2D eigenvalue weighted by molar-refractivity contribution is 7.10. The van der Waals surface area contributed by atoms with Gasteiger partial charge in [-0.2, -0.15) is 0 Å². The van der Waals surface area contributed by atoms with Crippen LogP contribution in [-0.2, 0) is 4.79 Å². The van der Waals surface area contributed by atoms with Gasteiger partial charge in [0, 0.05) is 16.5 Å². The molecule has 0 bridgehead atoms. The van der Waals surface area contributed by atoms with Crippen LogP contribution < -0.4 is 5.73 Å². The molecule has 1 heterocycles. The average molecular weight is 357 g/mol. The number of halogens is 1. The Labute approximate surface area is 147 Å². The number of aromatic nitrogens is 1. The molecule has 24 heavy (non-hydrogen) atoms. The first-order valence-corrected chi connectivity index (χ1v) is 8.42. The summed E-state index contributed by atoms with van der Waals surface area (Å²) >= 11 is 7.30. The van der Waals surface area contributed by atoms with Gasteiger partial charge < -0.3 is 5.73 Å². The number of Topliss-reactive ketones (excluding diaryl/α,β-unsaturated/α-hetero) is 1. The lowest BCUT2D eigenvalue weighted by molar-refractivity contribution is -0.118. The number of hydrogen-bond donors (Lipinski definition) is 1. The molecular formula is C18H13ClN2O2S. The summed E-state index contributed by atoms with van der Waals surface area (Å²) < 4.78 is 0. The van der Waals surface area contributed by atoms with E-state index in [1.165, 1.54) is 11.3 Å². The first-order chi connectivity index (χ1) is 11.6. The number of carbonyl (C=O) groups is 2. The molecule has 0 aliphatic rings. The van der Waals surface area contributed by atoms with Gasteiger partial charge in [0.25, 0.3) is 0 Å². The third-order valence-corrected chi connectivity index (χ3v) is 4.76. The van der Waals surface area contributed by atoms with Crippen LogP contribution >= 0.6 is 22.9 Å². The van der Waals surface area contributed by atoms with Crippen LogP contribution in [0.5, 0.6) is 0 Å². The molecule has 2 aromatic carbocycles. The van der Waals surface area contributed by atoms with E-state index in [2.05, 4.69) is 4.98 Å². The third-order valence-electron chi connectivity index (χ3n) is 3.52. The largest absolute Gasteiger partial charge is 0.369 e. The first-order valence-electron chi connectivity index (χ1n) is 7.17. The lowest BCUT2D eigenvalue weighted by Crippen LogP contribution is -2.28. The molecule has 4 nitrogen and oxygen atoms in total. The van der Waals surface area contributed by atoms with E-state index in [0.717, 1.165) is 5.56 Å². The van der Waals surface area contributed by atoms with Crippen molar-refractivity contribution in [2.24, 2.45) is 5.73 Å². The maximum absolute atomic E-state index is 12.7. The second-order valence-corrected chi connectivity index (χ2v) is 6.41. The number of amides is 1. The van der Waals surface area contributed by atoms with E-state index in [-0.39, 0.29) is 10.6 Å². The van der Waals surface area contributed by atoms with Crippen LogP contribution in [0, 0.1) is 0 Å². The van der Waals surface area contributed by atoms with Crippen molar-refractivity contribution < 1.29 is 9.59 Å². The van der Waals surface area contributed by atoms with Crippen molar-refractivity contribution in [3.05, 3.63) is 75.6 Å². The van der Waals surface area contributed by atoms with Crippen molar-refractivity contribution in [2.75, 3.05) is 0 Å². The topological polar surface area (TPSA) is 73.1 Å². The predicted octanol–water partition coefficient (Wildman–Crippen LogP) is 3.92. The van der Waals surface area contributed by atoms with E-state index >= 15 is 0 Å². The minimum Gasteiger partial charge on any atom is -0.369 e. The van der Waals surface area contributed by atoms with Crippen molar-refractivity contribution in [1.82, 2.24) is 4.98 Å². The molecule has 0 fully saturated rings. The van der Waals surface area contributed by atoms with Gasteiger partial charge in [-0.25, -0.2) is 4.98 Å². The Hall–Kier alpha value is -2.50. The number of rotatable bonds is 5. The molecule has 0 saturated heterocycles. The van der Waals surface area contributed by atoms with Gasteiger partial charge in [0.05, 0.1) is 10.7 Å². The number of primary amides is 1. The van der Waals surface area contributed by atoms with Gasteiger partial charge in [-0.05, 0) is 12.1 Å². The number of thiazole rings is 1. The van der Waals surface area contributed by atoms with Crippen LogP contribution in [0.15, 0.2) is 60.0 Å². The average Bonchev–Trinajstić information content (AvgIpc) is 3.05. The van der Waals surface area contributed by atoms with Crippen LogP contribution in [0.25, 0.3) is 11.3 Å². The fourth-order valence-electron chi connectivity index (χ4n) is 2.34. The summed E-state index contributed by atoms with van der Waals surface area (Å²) in [6.45, 7) is 0. The van der Waals surface area contributed by atoms with Crippen molar-refractivity contribution in [3.63, 3.8) is 0 Å². The second-order valence-electron chi connectivity index (χ2n) is 5.12. The first kappa shape index (κ1) is 16.4. The molecule has 3 aromatic rings. The van der Waals surface area contributed by atoms with Crippen molar-refractivity contribution in [3.8, 4) is 11.3 Å². The Bertz CT molecular complexity index is 893. The molecule has 1 unspecified atom stereocenters. The van der Waals surface area contributed by atoms with Crippen molar-refractivity contribution >= 4 is 34.6 Å². The summed E-state index contributed by atoms with van der Waals surface area (Å²) in [5, 5.41) is 2.46. The molecule has 0 aliphatic heterocycles. The third kappa shape index (κ3) is 3.22. The smallest absolute Gasteiger partial charge is 0.235 e. The molecular weight excluding hydrogens is 344 g/mol. The van der Waals surface area contributed by atoms with Crippen molar-refractivity contribution in [2.45, 2.75) is 5.92 Å². The van der Waals surface area contributed by atoms with Gasteiger partial charge in [-0.1, -0.05) is 54.1 Å². The van der Waals surface area contributed by atoms with E-state index in [4.69, 9.17) is 17.3 Å².